The molecule has 0 saturated heterocycles. The fourth-order valence-electron chi connectivity index (χ4n) is 3.29. The molecule has 104 valence electrons. The van der Waals surface area contributed by atoms with Crippen LogP contribution >= 0.6 is 11.3 Å². The number of hydrogen-bond acceptors (Lipinski definition) is 1. The van der Waals surface area contributed by atoms with E-state index in [2.05, 4.69) is 78.3 Å². The molecule has 1 nitrogen and oxygen atoms in total. The van der Waals surface area contributed by atoms with Crippen LogP contribution in [-0.2, 0) is 0 Å². The molecule has 0 aliphatic carbocycles. The van der Waals surface area contributed by atoms with E-state index >= 15 is 0 Å². The van der Waals surface area contributed by atoms with Crippen molar-refractivity contribution < 1.29 is 4.40 Å². The number of aromatic nitrogens is 1. The molecule has 0 aliphatic rings. The molecule has 3 heterocycles. The predicted molar refractivity (Wildman–Crippen MR) is 94.7 cm³/mol. The summed E-state index contributed by atoms with van der Waals surface area (Å²) < 4.78 is 4.94. The molecule has 0 N–H and O–H groups in total. The first-order valence-electron chi connectivity index (χ1n) is 7.45. The van der Waals surface area contributed by atoms with Crippen LogP contribution in [0.25, 0.3) is 36.5 Å². The summed E-state index contributed by atoms with van der Waals surface area (Å²) >= 11 is 1.88. The Morgan fingerprint density at radius 1 is 0.818 bits per heavy atom. The Morgan fingerprint density at radius 3 is 2.68 bits per heavy atom. The molecular weight excluding hydrogens is 286 g/mol. The van der Waals surface area contributed by atoms with Crippen molar-refractivity contribution >= 4 is 47.8 Å². The van der Waals surface area contributed by atoms with Gasteiger partial charge in [0.25, 0.3) is 0 Å². The normalized spacial score (nSPS) is 11.9. The number of fused-ring (bicyclic) bond motifs is 6. The predicted octanol–water partition coefficient (Wildman–Crippen LogP) is 5.25. The number of benzene rings is 2. The third-order valence-corrected chi connectivity index (χ3v) is 5.50. The van der Waals surface area contributed by atoms with E-state index < -0.39 is 0 Å². The van der Waals surface area contributed by atoms with Crippen LogP contribution < -0.4 is 4.40 Å². The van der Waals surface area contributed by atoms with Gasteiger partial charge in [0.05, 0.1) is 5.39 Å². The molecular formula is C20H14NS+. The van der Waals surface area contributed by atoms with Crippen LogP contribution in [0.5, 0.6) is 0 Å². The smallest absolute Gasteiger partial charge is 0.166 e. The standard InChI is InChI=1S/C20H14NS/c1-13-6-7-18-16-11-20-17(10-14(16)8-9-21(18)12-13)15-4-2-3-5-19(15)22-20/h2-12H,1H3/q+1. The van der Waals surface area contributed by atoms with E-state index in [-0.39, 0.29) is 0 Å². The quantitative estimate of drug-likeness (QED) is 0.271. The van der Waals surface area contributed by atoms with Crippen LogP contribution in [0.1, 0.15) is 5.56 Å². The molecule has 2 heteroatoms. The van der Waals surface area contributed by atoms with Crippen molar-refractivity contribution in [3.8, 4) is 0 Å². The first-order valence-corrected chi connectivity index (χ1v) is 8.27. The zero-order valence-electron chi connectivity index (χ0n) is 12.2. The van der Waals surface area contributed by atoms with Gasteiger partial charge in [-0.2, -0.15) is 4.40 Å². The lowest BCUT2D eigenvalue weighted by atomic mass is 10.1. The Kier molecular flexibility index (Phi) is 2.36. The lowest BCUT2D eigenvalue weighted by Gasteiger charge is -2.00. The van der Waals surface area contributed by atoms with Gasteiger partial charge in [0.2, 0.25) is 5.52 Å². The molecule has 0 radical (unpaired) electrons. The number of rotatable bonds is 0. The first kappa shape index (κ1) is 12.1. The van der Waals surface area contributed by atoms with Gasteiger partial charge in [0.1, 0.15) is 0 Å². The lowest BCUT2D eigenvalue weighted by Crippen LogP contribution is -2.20. The van der Waals surface area contributed by atoms with Crippen molar-refractivity contribution in [3.63, 3.8) is 0 Å². The van der Waals surface area contributed by atoms with E-state index in [1.165, 1.54) is 42.0 Å². The van der Waals surface area contributed by atoms with Crippen LogP contribution in [0.15, 0.2) is 67.0 Å². The molecule has 0 fully saturated rings. The summed E-state index contributed by atoms with van der Waals surface area (Å²) in [6, 6.07) is 20.0. The summed E-state index contributed by atoms with van der Waals surface area (Å²) in [5.41, 5.74) is 2.54. The zero-order chi connectivity index (χ0) is 14.7. The van der Waals surface area contributed by atoms with Gasteiger partial charge in [0.15, 0.2) is 12.4 Å². The minimum Gasteiger partial charge on any atom is -0.166 e. The van der Waals surface area contributed by atoms with Crippen molar-refractivity contribution in [1.29, 1.82) is 0 Å². The molecule has 0 saturated carbocycles. The maximum atomic E-state index is 2.35. The minimum absolute atomic E-state index is 1.27. The van der Waals surface area contributed by atoms with Crippen molar-refractivity contribution in [1.82, 2.24) is 0 Å². The largest absolute Gasteiger partial charge is 0.218 e. The third kappa shape index (κ3) is 1.62. The summed E-state index contributed by atoms with van der Waals surface area (Å²) in [6.07, 6.45) is 4.34. The highest BCUT2D eigenvalue weighted by Crippen LogP contribution is 2.36. The van der Waals surface area contributed by atoms with Gasteiger partial charge in [-0.1, -0.05) is 18.2 Å². The average Bonchev–Trinajstić information content (AvgIpc) is 2.90. The molecule has 5 rings (SSSR count). The molecule has 0 bridgehead atoms. The van der Waals surface area contributed by atoms with E-state index in [4.69, 9.17) is 0 Å². The highest BCUT2D eigenvalue weighted by molar-refractivity contribution is 7.25. The van der Waals surface area contributed by atoms with E-state index in [9.17, 15) is 0 Å². The van der Waals surface area contributed by atoms with Gasteiger partial charge in [-0.05, 0) is 36.6 Å². The van der Waals surface area contributed by atoms with Gasteiger partial charge in [-0.3, -0.25) is 0 Å². The monoisotopic (exact) mass is 300 g/mol. The Hall–Kier alpha value is -2.45. The van der Waals surface area contributed by atoms with Crippen molar-refractivity contribution in [2.75, 3.05) is 0 Å². The van der Waals surface area contributed by atoms with Crippen LogP contribution in [0.3, 0.4) is 0 Å². The number of thiophene rings is 1. The average molecular weight is 300 g/mol. The molecule has 5 aromatic rings. The molecule has 0 aliphatic heterocycles. The van der Waals surface area contributed by atoms with Crippen molar-refractivity contribution in [2.45, 2.75) is 6.92 Å². The molecule has 0 amide bonds. The lowest BCUT2D eigenvalue weighted by molar-refractivity contribution is -0.511. The fraction of sp³-hybridized carbons (Fsp3) is 0.0500. The summed E-state index contributed by atoms with van der Waals surface area (Å²) in [5.74, 6) is 0. The van der Waals surface area contributed by atoms with Gasteiger partial charge >= 0.3 is 0 Å². The van der Waals surface area contributed by atoms with Crippen molar-refractivity contribution in [2.24, 2.45) is 0 Å². The molecule has 0 unspecified atom stereocenters. The molecule has 3 aromatic heterocycles. The fourth-order valence-corrected chi connectivity index (χ4v) is 4.42. The number of hydrogen-bond donors (Lipinski definition) is 0. The molecule has 0 spiro atoms. The summed E-state index contributed by atoms with van der Waals surface area (Å²) in [6.45, 7) is 2.13. The second-order valence-corrected chi connectivity index (χ2v) is 6.93. The molecule has 0 atom stereocenters. The van der Waals surface area contributed by atoms with Crippen LogP contribution in [-0.4, -0.2) is 0 Å². The first-order chi connectivity index (χ1) is 10.8. The Morgan fingerprint density at radius 2 is 1.73 bits per heavy atom. The summed E-state index contributed by atoms with van der Waals surface area (Å²) in [5, 5.41) is 5.35. The number of pyridine rings is 2. The third-order valence-electron chi connectivity index (χ3n) is 4.36. The maximum absolute atomic E-state index is 2.35. The van der Waals surface area contributed by atoms with Gasteiger partial charge in [-0.25, -0.2) is 0 Å². The second kappa shape index (κ2) is 4.28. The van der Waals surface area contributed by atoms with E-state index in [1.807, 2.05) is 11.3 Å². The zero-order valence-corrected chi connectivity index (χ0v) is 13.0. The molecule has 22 heavy (non-hydrogen) atoms. The van der Waals surface area contributed by atoms with E-state index in [0.717, 1.165) is 0 Å². The Labute approximate surface area is 132 Å². The SMILES string of the molecule is Cc1ccc2c3cc4sc5ccccc5c4cc3cc[n+]2c1. The van der Waals surface area contributed by atoms with Gasteiger partial charge < -0.3 is 0 Å². The maximum Gasteiger partial charge on any atom is 0.218 e. The topological polar surface area (TPSA) is 4.10 Å². The van der Waals surface area contributed by atoms with Gasteiger partial charge in [-0.15, -0.1) is 11.3 Å². The second-order valence-electron chi connectivity index (χ2n) is 5.85. The number of aryl methyl sites for hydroxylation is 1. The highest BCUT2D eigenvalue weighted by Gasteiger charge is 2.11. The Bertz CT molecular complexity index is 1180. The van der Waals surface area contributed by atoms with Crippen LogP contribution in [0, 0.1) is 6.92 Å². The summed E-state index contributed by atoms with van der Waals surface area (Å²) in [4.78, 5) is 0. The molecule has 2 aromatic carbocycles. The van der Waals surface area contributed by atoms with Gasteiger partial charge in [0, 0.05) is 37.9 Å². The minimum atomic E-state index is 1.27. The van der Waals surface area contributed by atoms with Crippen LogP contribution in [0.2, 0.25) is 0 Å². The van der Waals surface area contributed by atoms with Crippen molar-refractivity contribution in [3.05, 3.63) is 72.6 Å². The highest BCUT2D eigenvalue weighted by atomic mass is 32.1. The van der Waals surface area contributed by atoms with E-state index in [0.29, 0.717) is 0 Å². The summed E-state index contributed by atoms with van der Waals surface area (Å²) in [7, 11) is 0. The Balaban J connectivity index is 2.00. The van der Waals surface area contributed by atoms with Crippen LogP contribution in [0.4, 0.5) is 0 Å². The number of nitrogens with zero attached hydrogens (tertiary/aromatic N) is 1. The van der Waals surface area contributed by atoms with E-state index in [1.54, 1.807) is 0 Å².